The summed E-state index contributed by atoms with van der Waals surface area (Å²) in [5, 5.41) is 0. The minimum atomic E-state index is 0.912. The van der Waals surface area contributed by atoms with Crippen molar-refractivity contribution in [3.63, 3.8) is 0 Å². The molecule has 0 saturated heterocycles. The second-order valence-corrected chi connectivity index (χ2v) is 9.68. The summed E-state index contributed by atoms with van der Waals surface area (Å²) < 4.78 is 0. The van der Waals surface area contributed by atoms with Crippen LogP contribution >= 0.6 is 0 Å². The number of rotatable bonds is 7. The lowest BCUT2D eigenvalue weighted by molar-refractivity contribution is 0.235. The van der Waals surface area contributed by atoms with Crippen molar-refractivity contribution in [1.29, 1.82) is 0 Å². The van der Waals surface area contributed by atoms with Gasteiger partial charge in [0.25, 0.3) is 0 Å². The van der Waals surface area contributed by atoms with Crippen LogP contribution in [0.15, 0.2) is 0 Å². The predicted octanol–water partition coefficient (Wildman–Crippen LogP) is 6.12. The standard InChI is InChI=1S/C21H38/c1-11(2)17-9-19(17)15(6)16(7)21-10-20(21)14(5)13(4)18-8-12(18)3/h11-21H,8-10H2,1-7H3. The summed E-state index contributed by atoms with van der Waals surface area (Å²) in [6.07, 6.45) is 4.57. The largest absolute Gasteiger partial charge is 0.0625 e. The molecule has 21 heavy (non-hydrogen) atoms. The van der Waals surface area contributed by atoms with Crippen molar-refractivity contribution in [3.05, 3.63) is 0 Å². The molecule has 3 rings (SSSR count). The summed E-state index contributed by atoms with van der Waals surface area (Å²) in [6, 6.07) is 0. The number of hydrogen-bond acceptors (Lipinski definition) is 0. The van der Waals surface area contributed by atoms with Gasteiger partial charge in [0.2, 0.25) is 0 Å². The van der Waals surface area contributed by atoms with Crippen LogP contribution < -0.4 is 0 Å². The van der Waals surface area contributed by atoms with E-state index in [4.69, 9.17) is 0 Å². The first-order chi connectivity index (χ1) is 9.82. The van der Waals surface area contributed by atoms with Crippen molar-refractivity contribution in [1.82, 2.24) is 0 Å². The maximum absolute atomic E-state index is 2.57. The molecule has 3 saturated carbocycles. The SMILES string of the molecule is CC(C)C1CC1C(C)C(C)C1CC1C(C)C(C)C1CC1C. The summed E-state index contributed by atoms with van der Waals surface area (Å²) in [5.74, 6) is 11.1. The van der Waals surface area contributed by atoms with Crippen LogP contribution in [0.5, 0.6) is 0 Å². The molecule has 0 aromatic heterocycles. The molecule has 10 atom stereocenters. The van der Waals surface area contributed by atoms with Crippen molar-refractivity contribution in [2.45, 2.75) is 67.7 Å². The van der Waals surface area contributed by atoms with Crippen molar-refractivity contribution in [3.8, 4) is 0 Å². The molecule has 3 aliphatic carbocycles. The van der Waals surface area contributed by atoms with E-state index < -0.39 is 0 Å². The monoisotopic (exact) mass is 290 g/mol. The maximum atomic E-state index is 2.57. The Morgan fingerprint density at radius 2 is 0.857 bits per heavy atom. The average molecular weight is 291 g/mol. The van der Waals surface area contributed by atoms with Gasteiger partial charge in [0.15, 0.2) is 0 Å². The second-order valence-electron chi connectivity index (χ2n) is 9.68. The highest BCUT2D eigenvalue weighted by Gasteiger charge is 2.53. The van der Waals surface area contributed by atoms with Gasteiger partial charge in [0, 0.05) is 0 Å². The fourth-order valence-electron chi connectivity index (χ4n) is 5.69. The van der Waals surface area contributed by atoms with Gasteiger partial charge >= 0.3 is 0 Å². The smallest absolute Gasteiger partial charge is 0.0352 e. The van der Waals surface area contributed by atoms with Gasteiger partial charge in [-0.05, 0) is 84.4 Å². The van der Waals surface area contributed by atoms with Crippen LogP contribution in [-0.4, -0.2) is 0 Å². The third kappa shape index (κ3) is 3.06. The molecule has 3 fully saturated rings. The molecule has 0 heteroatoms. The Bertz CT molecular complexity index is 370. The molecule has 0 N–H and O–H groups in total. The van der Waals surface area contributed by atoms with Gasteiger partial charge in [-0.3, -0.25) is 0 Å². The molecule has 0 heterocycles. The third-order valence-electron chi connectivity index (χ3n) is 8.17. The van der Waals surface area contributed by atoms with Gasteiger partial charge in [0.05, 0.1) is 0 Å². The fraction of sp³-hybridized carbons (Fsp3) is 1.00. The van der Waals surface area contributed by atoms with E-state index in [0.717, 1.165) is 65.1 Å². The Labute approximate surface area is 133 Å². The number of hydrogen-bond donors (Lipinski definition) is 0. The molecule has 122 valence electrons. The molecule has 0 amide bonds. The van der Waals surface area contributed by atoms with E-state index in [2.05, 4.69) is 48.5 Å². The molecular weight excluding hydrogens is 252 g/mol. The normalized spacial score (nSPS) is 46.9. The van der Waals surface area contributed by atoms with E-state index in [1.54, 1.807) is 0 Å². The highest BCUT2D eigenvalue weighted by Crippen LogP contribution is 2.60. The summed E-state index contributed by atoms with van der Waals surface area (Å²) in [7, 11) is 0. The van der Waals surface area contributed by atoms with Crippen LogP contribution in [-0.2, 0) is 0 Å². The Kier molecular flexibility index (Phi) is 4.21. The molecule has 0 spiro atoms. The molecular formula is C21H38. The van der Waals surface area contributed by atoms with Crippen molar-refractivity contribution in [2.75, 3.05) is 0 Å². The zero-order valence-corrected chi connectivity index (χ0v) is 15.5. The van der Waals surface area contributed by atoms with Gasteiger partial charge in [-0.25, -0.2) is 0 Å². The molecule has 0 radical (unpaired) electrons. The minimum Gasteiger partial charge on any atom is -0.0625 e. The molecule has 0 aromatic carbocycles. The van der Waals surface area contributed by atoms with Crippen molar-refractivity contribution >= 4 is 0 Å². The molecule has 0 aliphatic heterocycles. The Hall–Kier alpha value is 0. The van der Waals surface area contributed by atoms with E-state index in [-0.39, 0.29) is 0 Å². The zero-order chi connectivity index (χ0) is 15.5. The summed E-state index contributed by atoms with van der Waals surface area (Å²) in [5.41, 5.74) is 0. The van der Waals surface area contributed by atoms with Crippen LogP contribution in [0.1, 0.15) is 67.7 Å². The topological polar surface area (TPSA) is 0 Å². The van der Waals surface area contributed by atoms with E-state index in [0.29, 0.717) is 0 Å². The average Bonchev–Trinajstić information content (AvgIpc) is 3.30. The zero-order valence-electron chi connectivity index (χ0n) is 15.5. The van der Waals surface area contributed by atoms with E-state index in [9.17, 15) is 0 Å². The third-order valence-corrected chi connectivity index (χ3v) is 8.17. The van der Waals surface area contributed by atoms with E-state index in [1.807, 2.05) is 0 Å². The first kappa shape index (κ1) is 15.9. The molecule has 0 nitrogen and oxygen atoms in total. The maximum Gasteiger partial charge on any atom is -0.0352 e. The van der Waals surface area contributed by atoms with Crippen molar-refractivity contribution in [2.24, 2.45) is 65.1 Å². The van der Waals surface area contributed by atoms with Gasteiger partial charge in [-0.2, -0.15) is 0 Å². The highest BCUT2D eigenvalue weighted by atomic mass is 14.6. The lowest BCUT2D eigenvalue weighted by atomic mass is 9.81. The van der Waals surface area contributed by atoms with E-state index >= 15 is 0 Å². The van der Waals surface area contributed by atoms with Crippen LogP contribution in [0, 0.1) is 65.1 Å². The highest BCUT2D eigenvalue weighted by molar-refractivity contribution is 5.01. The van der Waals surface area contributed by atoms with Gasteiger partial charge in [0.1, 0.15) is 0 Å². The van der Waals surface area contributed by atoms with Gasteiger partial charge in [-0.15, -0.1) is 0 Å². The molecule has 10 unspecified atom stereocenters. The first-order valence-corrected chi connectivity index (χ1v) is 9.82. The summed E-state index contributed by atoms with van der Waals surface area (Å²) in [6.45, 7) is 17.5. The van der Waals surface area contributed by atoms with Gasteiger partial charge < -0.3 is 0 Å². The Morgan fingerprint density at radius 3 is 1.19 bits per heavy atom. The van der Waals surface area contributed by atoms with E-state index in [1.165, 1.54) is 19.3 Å². The van der Waals surface area contributed by atoms with Crippen LogP contribution in [0.2, 0.25) is 0 Å². The minimum absolute atomic E-state index is 0.912. The Balaban J connectivity index is 1.48. The lowest BCUT2D eigenvalue weighted by Gasteiger charge is -2.25. The lowest BCUT2D eigenvalue weighted by Crippen LogP contribution is -2.19. The predicted molar refractivity (Wildman–Crippen MR) is 92.0 cm³/mol. The molecule has 0 bridgehead atoms. The fourth-order valence-corrected chi connectivity index (χ4v) is 5.69. The van der Waals surface area contributed by atoms with Crippen molar-refractivity contribution < 1.29 is 0 Å². The van der Waals surface area contributed by atoms with Gasteiger partial charge in [-0.1, -0.05) is 48.5 Å². The second kappa shape index (κ2) is 5.57. The van der Waals surface area contributed by atoms with Crippen LogP contribution in [0.4, 0.5) is 0 Å². The molecule has 0 aromatic rings. The summed E-state index contributed by atoms with van der Waals surface area (Å²) >= 11 is 0. The molecule has 3 aliphatic rings. The van der Waals surface area contributed by atoms with Crippen LogP contribution in [0.25, 0.3) is 0 Å². The van der Waals surface area contributed by atoms with Crippen LogP contribution in [0.3, 0.4) is 0 Å². The summed E-state index contributed by atoms with van der Waals surface area (Å²) in [4.78, 5) is 0. The Morgan fingerprint density at radius 1 is 0.524 bits per heavy atom. The first-order valence-electron chi connectivity index (χ1n) is 9.82. The quantitative estimate of drug-likeness (QED) is 0.530.